The number of piperidine rings is 2. The van der Waals surface area contributed by atoms with Gasteiger partial charge in [0.1, 0.15) is 0 Å². The van der Waals surface area contributed by atoms with Crippen molar-refractivity contribution in [2.45, 2.75) is 50.6 Å². The lowest BCUT2D eigenvalue weighted by Crippen LogP contribution is -2.58. The maximum Gasteiger partial charge on any atom is 0.221 e. The van der Waals surface area contributed by atoms with Crippen molar-refractivity contribution < 1.29 is 4.79 Å². The Bertz CT molecular complexity index is 517. The summed E-state index contributed by atoms with van der Waals surface area (Å²) in [4.78, 5) is 17.3. The van der Waals surface area contributed by atoms with Crippen LogP contribution in [0.5, 0.6) is 0 Å². The van der Waals surface area contributed by atoms with E-state index >= 15 is 0 Å². The summed E-state index contributed by atoms with van der Waals surface area (Å²) in [6.07, 6.45) is 6.77. The van der Waals surface area contributed by atoms with Crippen molar-refractivity contribution in [3.63, 3.8) is 0 Å². The topological polar surface area (TPSA) is 35.6 Å². The first-order valence-electron chi connectivity index (χ1n) is 9.44. The minimum atomic E-state index is 0.0771. The van der Waals surface area contributed by atoms with Gasteiger partial charge in [0, 0.05) is 38.6 Å². The van der Waals surface area contributed by atoms with Gasteiger partial charge in [-0.3, -0.25) is 14.6 Å². The molecule has 4 heteroatoms. The van der Waals surface area contributed by atoms with Crippen LogP contribution in [0.25, 0.3) is 0 Å². The summed E-state index contributed by atoms with van der Waals surface area (Å²) in [5, 5.41) is 2.85. The van der Waals surface area contributed by atoms with Gasteiger partial charge < -0.3 is 5.32 Å². The van der Waals surface area contributed by atoms with E-state index in [9.17, 15) is 4.79 Å². The van der Waals surface area contributed by atoms with Crippen LogP contribution in [-0.4, -0.2) is 54.5 Å². The van der Waals surface area contributed by atoms with Gasteiger partial charge in [-0.15, -0.1) is 0 Å². The van der Waals surface area contributed by atoms with Gasteiger partial charge in [-0.25, -0.2) is 0 Å². The third-order valence-electron chi connectivity index (χ3n) is 5.83. The molecule has 1 N–H and O–H groups in total. The molecule has 0 aromatic heterocycles. The van der Waals surface area contributed by atoms with Gasteiger partial charge in [0.05, 0.1) is 0 Å². The lowest BCUT2D eigenvalue weighted by Gasteiger charge is -2.50. The maximum absolute atomic E-state index is 12.1. The van der Waals surface area contributed by atoms with Crippen LogP contribution in [0, 0.1) is 0 Å². The molecule has 2 saturated heterocycles. The Labute approximate surface area is 146 Å². The molecule has 132 valence electrons. The molecule has 0 bridgehead atoms. The fraction of sp³-hybridized carbons (Fsp3) is 0.650. The molecule has 24 heavy (non-hydrogen) atoms. The molecule has 0 saturated carbocycles. The van der Waals surface area contributed by atoms with Gasteiger partial charge in [-0.1, -0.05) is 36.8 Å². The SMILES string of the molecule is CNC(=O)CC1(N2CCCCC2)CCN(Cc2ccccc2)CC1. The predicted molar refractivity (Wildman–Crippen MR) is 97.8 cm³/mol. The van der Waals surface area contributed by atoms with E-state index in [-0.39, 0.29) is 11.4 Å². The number of nitrogens with zero attached hydrogens (tertiary/aromatic N) is 2. The third-order valence-corrected chi connectivity index (χ3v) is 5.83. The van der Waals surface area contributed by atoms with Crippen LogP contribution in [0.3, 0.4) is 0 Å². The normalized spacial score (nSPS) is 22.2. The van der Waals surface area contributed by atoms with Crippen molar-refractivity contribution in [3.05, 3.63) is 35.9 Å². The molecule has 0 aliphatic carbocycles. The quantitative estimate of drug-likeness (QED) is 0.902. The zero-order chi connectivity index (χ0) is 16.8. The Morgan fingerprint density at radius 1 is 1.04 bits per heavy atom. The van der Waals surface area contributed by atoms with Crippen LogP contribution < -0.4 is 5.32 Å². The Morgan fingerprint density at radius 2 is 1.71 bits per heavy atom. The first-order chi connectivity index (χ1) is 11.7. The third kappa shape index (κ3) is 4.17. The van der Waals surface area contributed by atoms with Gasteiger partial charge in [0.2, 0.25) is 5.91 Å². The molecule has 0 spiro atoms. The molecular weight excluding hydrogens is 298 g/mol. The average Bonchev–Trinajstić information content (AvgIpc) is 2.65. The van der Waals surface area contributed by atoms with E-state index in [1.807, 2.05) is 0 Å². The molecule has 2 fully saturated rings. The Hall–Kier alpha value is -1.39. The number of carbonyl (C=O) groups is 1. The number of amides is 1. The summed E-state index contributed by atoms with van der Waals surface area (Å²) in [6, 6.07) is 10.7. The molecule has 0 atom stereocenters. The molecule has 2 aliphatic heterocycles. The van der Waals surface area contributed by atoms with E-state index in [1.54, 1.807) is 7.05 Å². The molecule has 2 heterocycles. The van der Waals surface area contributed by atoms with Gasteiger partial charge in [0.15, 0.2) is 0 Å². The monoisotopic (exact) mass is 329 g/mol. The van der Waals surface area contributed by atoms with Gasteiger partial charge in [0.25, 0.3) is 0 Å². The number of likely N-dealkylation sites (tertiary alicyclic amines) is 2. The molecule has 1 aromatic rings. The number of hydrogen-bond acceptors (Lipinski definition) is 3. The predicted octanol–water partition coefficient (Wildman–Crippen LogP) is 2.64. The van der Waals surface area contributed by atoms with E-state index in [1.165, 1.54) is 24.8 Å². The summed E-state index contributed by atoms with van der Waals surface area (Å²) >= 11 is 0. The van der Waals surface area contributed by atoms with Crippen LogP contribution in [0.4, 0.5) is 0 Å². The highest BCUT2D eigenvalue weighted by Crippen LogP contribution is 2.35. The molecule has 4 nitrogen and oxygen atoms in total. The molecular formula is C20H31N3O. The van der Waals surface area contributed by atoms with E-state index < -0.39 is 0 Å². The van der Waals surface area contributed by atoms with Gasteiger partial charge in [-0.05, 0) is 44.3 Å². The van der Waals surface area contributed by atoms with Crippen molar-refractivity contribution in [2.75, 3.05) is 33.2 Å². The van der Waals surface area contributed by atoms with Crippen LogP contribution in [0.15, 0.2) is 30.3 Å². The minimum absolute atomic E-state index is 0.0771. The van der Waals surface area contributed by atoms with Crippen LogP contribution in [0.1, 0.15) is 44.1 Å². The smallest absolute Gasteiger partial charge is 0.221 e. The van der Waals surface area contributed by atoms with Crippen molar-refractivity contribution in [1.82, 2.24) is 15.1 Å². The Kier molecular flexibility index (Phi) is 5.90. The molecule has 1 amide bonds. The van der Waals surface area contributed by atoms with Crippen LogP contribution >= 0.6 is 0 Å². The number of benzene rings is 1. The van der Waals surface area contributed by atoms with Crippen molar-refractivity contribution in [2.24, 2.45) is 0 Å². The van der Waals surface area contributed by atoms with Crippen LogP contribution in [0.2, 0.25) is 0 Å². The van der Waals surface area contributed by atoms with E-state index in [2.05, 4.69) is 45.4 Å². The highest BCUT2D eigenvalue weighted by atomic mass is 16.1. The van der Waals surface area contributed by atoms with Crippen molar-refractivity contribution >= 4 is 5.91 Å². The Morgan fingerprint density at radius 3 is 2.33 bits per heavy atom. The lowest BCUT2D eigenvalue weighted by molar-refractivity contribution is -0.125. The second kappa shape index (κ2) is 8.13. The molecule has 1 aromatic carbocycles. The molecule has 0 radical (unpaired) electrons. The minimum Gasteiger partial charge on any atom is -0.359 e. The van der Waals surface area contributed by atoms with E-state index in [0.717, 1.165) is 45.6 Å². The van der Waals surface area contributed by atoms with E-state index in [0.29, 0.717) is 6.42 Å². The van der Waals surface area contributed by atoms with Crippen molar-refractivity contribution in [1.29, 1.82) is 0 Å². The summed E-state index contributed by atoms with van der Waals surface area (Å²) < 4.78 is 0. The fourth-order valence-electron chi connectivity index (χ4n) is 4.33. The zero-order valence-corrected chi connectivity index (χ0v) is 15.0. The first-order valence-corrected chi connectivity index (χ1v) is 9.44. The molecule has 0 unspecified atom stereocenters. The fourth-order valence-corrected chi connectivity index (χ4v) is 4.33. The highest BCUT2D eigenvalue weighted by Gasteiger charge is 2.41. The summed E-state index contributed by atoms with van der Waals surface area (Å²) in [7, 11) is 1.76. The lowest BCUT2D eigenvalue weighted by atomic mass is 9.81. The highest BCUT2D eigenvalue weighted by molar-refractivity contribution is 5.76. The van der Waals surface area contributed by atoms with Gasteiger partial charge in [-0.2, -0.15) is 0 Å². The Balaban J connectivity index is 1.64. The number of nitrogens with one attached hydrogen (secondary N) is 1. The molecule has 2 aliphatic rings. The second-order valence-electron chi connectivity index (χ2n) is 7.38. The molecule has 3 rings (SSSR count). The summed E-state index contributed by atoms with van der Waals surface area (Å²) in [6.45, 7) is 5.52. The van der Waals surface area contributed by atoms with Crippen molar-refractivity contribution in [3.8, 4) is 0 Å². The maximum atomic E-state index is 12.1. The average molecular weight is 329 g/mol. The first kappa shape index (κ1) is 17.4. The second-order valence-corrected chi connectivity index (χ2v) is 7.38. The summed E-state index contributed by atoms with van der Waals surface area (Å²) in [5.74, 6) is 0.192. The standard InChI is InChI=1S/C20H31N3O/c1-21-19(24)16-20(23-12-6-3-7-13-23)10-14-22(15-11-20)17-18-8-4-2-5-9-18/h2,4-5,8-9H,3,6-7,10-17H2,1H3,(H,21,24). The van der Waals surface area contributed by atoms with Crippen LogP contribution in [-0.2, 0) is 11.3 Å². The largest absolute Gasteiger partial charge is 0.359 e. The number of rotatable bonds is 5. The number of hydrogen-bond donors (Lipinski definition) is 1. The summed E-state index contributed by atoms with van der Waals surface area (Å²) in [5.41, 5.74) is 1.46. The zero-order valence-electron chi connectivity index (χ0n) is 15.0. The van der Waals surface area contributed by atoms with Gasteiger partial charge >= 0.3 is 0 Å². The van der Waals surface area contributed by atoms with E-state index in [4.69, 9.17) is 0 Å². The number of carbonyl (C=O) groups excluding carboxylic acids is 1.